The third-order valence-electron chi connectivity index (χ3n) is 13.5. The van der Waals surface area contributed by atoms with Gasteiger partial charge < -0.3 is 10.0 Å². The normalized spacial score (nSPS) is 12.9. The van der Waals surface area contributed by atoms with Crippen LogP contribution >= 0.6 is 0 Å². The topological polar surface area (TPSA) is 23.5 Å². The lowest BCUT2D eigenvalue weighted by molar-refractivity contribution is 0.481. The molecule has 1 N–H and O–H groups in total. The van der Waals surface area contributed by atoms with E-state index in [2.05, 4.69) is 218 Å². The van der Waals surface area contributed by atoms with Crippen molar-refractivity contribution in [1.29, 1.82) is 0 Å². The monoisotopic (exact) mass is 765 g/mol. The van der Waals surface area contributed by atoms with Crippen LogP contribution in [0.15, 0.2) is 176 Å². The van der Waals surface area contributed by atoms with Crippen LogP contribution in [-0.2, 0) is 5.41 Å². The van der Waals surface area contributed by atoms with E-state index < -0.39 is 0 Å². The molecule has 11 rings (SSSR count). The van der Waals surface area contributed by atoms with Gasteiger partial charge in [-0.25, -0.2) is 0 Å². The zero-order valence-corrected chi connectivity index (χ0v) is 34.6. The fourth-order valence-corrected chi connectivity index (χ4v) is 10.6. The van der Waals surface area contributed by atoms with E-state index in [0.717, 1.165) is 60.9 Å². The molecule has 1 aliphatic carbocycles. The van der Waals surface area contributed by atoms with E-state index in [1.165, 1.54) is 60.1 Å². The summed E-state index contributed by atoms with van der Waals surface area (Å²) in [5.41, 5.74) is 15.3. The van der Waals surface area contributed by atoms with Crippen LogP contribution in [0.3, 0.4) is 0 Å². The third-order valence-corrected chi connectivity index (χ3v) is 13.5. The van der Waals surface area contributed by atoms with Crippen LogP contribution in [0, 0.1) is 0 Å². The highest BCUT2D eigenvalue weighted by molar-refractivity contribution is 6.58. The lowest BCUT2D eigenvalue weighted by Gasteiger charge is -2.34. The Morgan fingerprint density at radius 1 is 0.417 bits per heavy atom. The second-order valence-electron chi connectivity index (χ2n) is 17.0. The van der Waals surface area contributed by atoms with Crippen molar-refractivity contribution >= 4 is 100 Å². The average Bonchev–Trinajstić information content (AvgIpc) is 3.53. The van der Waals surface area contributed by atoms with Crippen molar-refractivity contribution in [2.45, 2.75) is 19.3 Å². The van der Waals surface area contributed by atoms with Gasteiger partial charge in [-0.05, 0) is 94.2 Å². The Bertz CT molecular complexity index is 3380. The highest BCUT2D eigenvalue weighted by atomic mass is 16.3. The van der Waals surface area contributed by atoms with Crippen molar-refractivity contribution in [2.75, 3.05) is 4.90 Å². The number of nitrogens with zero attached hydrogens (tertiary/aromatic N) is 1. The van der Waals surface area contributed by atoms with Crippen molar-refractivity contribution in [2.24, 2.45) is 0 Å². The minimum atomic E-state index is -0.198. The van der Waals surface area contributed by atoms with E-state index in [-0.39, 0.29) is 11.2 Å². The second kappa shape index (κ2) is 13.5. The summed E-state index contributed by atoms with van der Waals surface area (Å²) in [6.07, 6.45) is 0. The van der Waals surface area contributed by atoms with Gasteiger partial charge in [0.2, 0.25) is 0 Å². The molecular weight excluding hydrogens is 723 g/mol. The molecule has 0 saturated carbocycles. The molecule has 0 aliphatic heterocycles. The zero-order chi connectivity index (χ0) is 40.9. The Hall–Kier alpha value is -6.97. The van der Waals surface area contributed by atoms with Crippen LogP contribution in [0.5, 0.6) is 5.75 Å². The number of benzene rings is 10. The van der Waals surface area contributed by atoms with E-state index in [9.17, 15) is 5.11 Å². The van der Waals surface area contributed by atoms with E-state index in [1.807, 2.05) is 0 Å². The SMILES string of the molecule is Bc1c(B)c(N(c2cccc3c2-c2ccccc2C3(C)C)c2cc3ccccc3c3ccccc23)c(O)c(B)c1-c1c(-c2ccccc2)c2ccccc2c2ccccc12. The number of aromatic hydroxyl groups is 1. The van der Waals surface area contributed by atoms with E-state index in [0.29, 0.717) is 0 Å². The molecular formula is C55H42B3NO. The van der Waals surface area contributed by atoms with Crippen molar-refractivity contribution in [3.8, 4) is 39.1 Å². The van der Waals surface area contributed by atoms with Crippen molar-refractivity contribution in [3.05, 3.63) is 187 Å². The Morgan fingerprint density at radius 3 is 1.65 bits per heavy atom. The largest absolute Gasteiger partial charge is 0.506 e. The van der Waals surface area contributed by atoms with Crippen molar-refractivity contribution in [3.63, 3.8) is 0 Å². The molecule has 2 nitrogen and oxygen atoms in total. The molecule has 60 heavy (non-hydrogen) atoms. The highest BCUT2D eigenvalue weighted by Crippen LogP contribution is 2.55. The van der Waals surface area contributed by atoms with Crippen LogP contribution < -0.4 is 21.3 Å². The summed E-state index contributed by atoms with van der Waals surface area (Å²) in [5.74, 6) is 0.282. The van der Waals surface area contributed by atoms with Crippen molar-refractivity contribution in [1.82, 2.24) is 0 Å². The predicted octanol–water partition coefficient (Wildman–Crippen LogP) is 9.89. The standard InChI is InChI=1S/C55H42B3NO/c1-55(2)42-28-15-14-27-41(42)47-43(55)29-16-30-44(47)59(45-31-33-19-6-7-20-34(33)35-21-8-11-24-38(35)45)53-52(58)50(56)49(51(57)54(53)60)48-40-26-13-10-23-37(40)36-22-9-12-25-39(36)46(48)32-17-4-3-5-18-32/h3-31,60H,56-58H2,1-2H3. The summed E-state index contributed by atoms with van der Waals surface area (Å²) in [4.78, 5) is 2.39. The number of rotatable bonds is 5. The maximum Gasteiger partial charge on any atom is 0.145 e. The van der Waals surface area contributed by atoms with Gasteiger partial charge >= 0.3 is 0 Å². The van der Waals surface area contributed by atoms with Gasteiger partial charge in [0.15, 0.2) is 0 Å². The predicted molar refractivity (Wildman–Crippen MR) is 266 cm³/mol. The van der Waals surface area contributed by atoms with Crippen LogP contribution in [0.4, 0.5) is 17.1 Å². The first kappa shape index (κ1) is 36.1. The van der Waals surface area contributed by atoms with Gasteiger partial charge in [-0.15, -0.1) is 0 Å². The number of fused-ring (bicyclic) bond motifs is 9. The molecule has 0 aromatic heterocycles. The average molecular weight is 765 g/mol. The summed E-state index contributed by atoms with van der Waals surface area (Å²) < 4.78 is 0. The molecule has 282 valence electrons. The number of phenolic OH excluding ortho intramolecular Hbond substituents is 1. The van der Waals surface area contributed by atoms with Crippen LogP contribution in [0.25, 0.3) is 76.5 Å². The lowest BCUT2D eigenvalue weighted by Crippen LogP contribution is -2.38. The fourth-order valence-electron chi connectivity index (χ4n) is 10.6. The molecule has 0 saturated heterocycles. The zero-order valence-electron chi connectivity index (χ0n) is 34.6. The summed E-state index contributed by atoms with van der Waals surface area (Å²) in [7, 11) is 6.57. The summed E-state index contributed by atoms with van der Waals surface area (Å²) in [6, 6.07) is 63.6. The van der Waals surface area contributed by atoms with E-state index in [4.69, 9.17) is 0 Å². The second-order valence-corrected chi connectivity index (χ2v) is 17.0. The van der Waals surface area contributed by atoms with Gasteiger partial charge in [0.25, 0.3) is 0 Å². The smallest absolute Gasteiger partial charge is 0.145 e. The molecule has 10 aromatic carbocycles. The number of phenols is 1. The molecule has 0 heterocycles. The first-order valence-electron chi connectivity index (χ1n) is 21.0. The lowest BCUT2D eigenvalue weighted by atomic mass is 9.67. The molecule has 0 amide bonds. The summed E-state index contributed by atoms with van der Waals surface area (Å²) in [5, 5.41) is 22.7. The fraction of sp³-hybridized carbons (Fsp3) is 0.0545. The van der Waals surface area contributed by atoms with Gasteiger partial charge in [-0.1, -0.05) is 189 Å². The number of anilines is 3. The molecule has 0 unspecified atom stereocenters. The molecule has 5 heteroatoms. The minimum absolute atomic E-state index is 0.198. The molecule has 1 aliphatic rings. The Kier molecular flexibility index (Phi) is 8.16. The Balaban J connectivity index is 1.28. The van der Waals surface area contributed by atoms with E-state index in [1.54, 1.807) is 0 Å². The van der Waals surface area contributed by atoms with Gasteiger partial charge in [0, 0.05) is 16.4 Å². The quantitative estimate of drug-likeness (QED) is 0.139. The molecule has 0 radical (unpaired) electrons. The summed E-state index contributed by atoms with van der Waals surface area (Å²) >= 11 is 0. The Morgan fingerprint density at radius 2 is 0.950 bits per heavy atom. The Labute approximate surface area is 354 Å². The maximum atomic E-state index is 13.3. The van der Waals surface area contributed by atoms with Gasteiger partial charge in [0.05, 0.1) is 17.1 Å². The first-order chi connectivity index (χ1) is 29.3. The third kappa shape index (κ3) is 5.12. The van der Waals surface area contributed by atoms with Crippen LogP contribution in [-0.4, -0.2) is 28.6 Å². The molecule has 10 aromatic rings. The van der Waals surface area contributed by atoms with Crippen LogP contribution in [0.2, 0.25) is 0 Å². The molecule has 0 fully saturated rings. The minimum Gasteiger partial charge on any atom is -0.506 e. The van der Waals surface area contributed by atoms with E-state index >= 15 is 0 Å². The first-order valence-corrected chi connectivity index (χ1v) is 21.0. The van der Waals surface area contributed by atoms with Gasteiger partial charge in [0.1, 0.15) is 29.3 Å². The molecule has 0 bridgehead atoms. The van der Waals surface area contributed by atoms with Gasteiger partial charge in [-0.2, -0.15) is 0 Å². The van der Waals surface area contributed by atoms with Crippen LogP contribution in [0.1, 0.15) is 25.0 Å². The maximum absolute atomic E-state index is 13.3. The molecule has 0 atom stereocenters. The summed E-state index contributed by atoms with van der Waals surface area (Å²) in [6.45, 7) is 4.67. The highest BCUT2D eigenvalue weighted by Gasteiger charge is 2.39. The van der Waals surface area contributed by atoms with Gasteiger partial charge in [-0.3, -0.25) is 0 Å². The number of hydrogen-bond acceptors (Lipinski definition) is 2. The van der Waals surface area contributed by atoms with Crippen molar-refractivity contribution < 1.29 is 5.11 Å². The number of hydrogen-bond donors (Lipinski definition) is 1. The molecule has 0 spiro atoms.